The summed E-state index contributed by atoms with van der Waals surface area (Å²) in [5.74, 6) is 1.23. The Kier molecular flexibility index (Phi) is 4.66. The van der Waals surface area contributed by atoms with E-state index in [-0.39, 0.29) is 23.5 Å². The van der Waals surface area contributed by atoms with Gasteiger partial charge in [-0.25, -0.2) is 0 Å². The third-order valence-corrected chi connectivity index (χ3v) is 6.73. The lowest BCUT2D eigenvalue weighted by molar-refractivity contribution is -0.132. The minimum atomic E-state index is -0.336. The van der Waals surface area contributed by atoms with E-state index < -0.39 is 0 Å². The quantitative estimate of drug-likeness (QED) is 0.796. The van der Waals surface area contributed by atoms with Crippen molar-refractivity contribution in [3.05, 3.63) is 12.2 Å². The highest BCUT2D eigenvalue weighted by molar-refractivity contribution is 8.15. The van der Waals surface area contributed by atoms with Crippen LogP contribution in [0.3, 0.4) is 0 Å². The Morgan fingerprint density at radius 3 is 2.67 bits per heavy atom. The molecule has 0 spiro atoms. The molecule has 2 aliphatic carbocycles. The number of rotatable bonds is 3. The van der Waals surface area contributed by atoms with Crippen molar-refractivity contribution in [1.82, 2.24) is 10.2 Å². The highest BCUT2D eigenvalue weighted by atomic mass is 32.2. The van der Waals surface area contributed by atoms with Crippen LogP contribution in [0.15, 0.2) is 17.1 Å². The van der Waals surface area contributed by atoms with Crippen LogP contribution in [0.5, 0.6) is 0 Å². The van der Waals surface area contributed by atoms with Crippen LogP contribution >= 0.6 is 11.8 Å². The molecule has 2 amide bonds. The Morgan fingerprint density at radius 1 is 1.21 bits per heavy atom. The molecule has 1 saturated carbocycles. The van der Waals surface area contributed by atoms with Gasteiger partial charge in [0.25, 0.3) is 5.91 Å². The molecule has 2 fully saturated rings. The third kappa shape index (κ3) is 3.39. The average Bonchev–Trinajstić information content (AvgIpc) is 3.18. The van der Waals surface area contributed by atoms with Gasteiger partial charge >= 0.3 is 0 Å². The van der Waals surface area contributed by atoms with Crippen molar-refractivity contribution in [3.8, 4) is 0 Å². The molecule has 1 saturated heterocycles. The highest BCUT2D eigenvalue weighted by Gasteiger charge is 2.38. The van der Waals surface area contributed by atoms with E-state index in [1.807, 2.05) is 4.90 Å². The largest absolute Gasteiger partial charge is 0.361 e. The van der Waals surface area contributed by atoms with Crippen molar-refractivity contribution < 1.29 is 9.59 Å². The van der Waals surface area contributed by atoms with Crippen molar-refractivity contribution in [2.45, 2.75) is 56.2 Å². The number of aliphatic imine (C=N–C) groups is 1. The average molecular weight is 347 g/mol. The van der Waals surface area contributed by atoms with E-state index in [4.69, 9.17) is 0 Å². The molecule has 2 bridgehead atoms. The molecule has 6 heteroatoms. The normalized spacial score (nSPS) is 35.2. The third-order valence-electron chi connectivity index (χ3n) is 5.65. The summed E-state index contributed by atoms with van der Waals surface area (Å²) in [6.45, 7) is 1.68. The molecule has 1 N–H and O–H groups in total. The van der Waals surface area contributed by atoms with Crippen LogP contribution in [0.4, 0.5) is 0 Å². The number of amides is 2. The molecule has 4 unspecified atom stereocenters. The van der Waals surface area contributed by atoms with Crippen LogP contribution in [0.2, 0.25) is 0 Å². The van der Waals surface area contributed by atoms with Gasteiger partial charge in [-0.1, -0.05) is 36.8 Å². The van der Waals surface area contributed by atoms with Crippen molar-refractivity contribution in [1.29, 1.82) is 0 Å². The SMILES string of the molecule is O=C1N=C(NC2CC3C=CC2C3)SC1CC(=O)N1CCCCCC1. The van der Waals surface area contributed by atoms with Gasteiger partial charge in [-0.05, 0) is 37.5 Å². The molecule has 5 nitrogen and oxygen atoms in total. The summed E-state index contributed by atoms with van der Waals surface area (Å²) in [5, 5.41) is 3.83. The topological polar surface area (TPSA) is 61.8 Å². The smallest absolute Gasteiger partial charge is 0.262 e. The van der Waals surface area contributed by atoms with Crippen LogP contribution < -0.4 is 5.32 Å². The van der Waals surface area contributed by atoms with E-state index in [9.17, 15) is 9.59 Å². The fraction of sp³-hybridized carbons (Fsp3) is 0.722. The lowest BCUT2D eigenvalue weighted by Gasteiger charge is -2.22. The van der Waals surface area contributed by atoms with E-state index in [0.717, 1.165) is 37.5 Å². The standard InChI is InChI=1S/C18H25N3O2S/c22-16(21-7-3-1-2-4-8-21)11-15-17(23)20-18(24-15)19-14-10-12-5-6-13(14)9-12/h5-6,12-15H,1-4,7-11H2,(H,19,20,23). The molecular weight excluding hydrogens is 322 g/mol. The molecule has 0 aromatic carbocycles. The number of allylic oxidation sites excluding steroid dienone is 1. The van der Waals surface area contributed by atoms with Gasteiger partial charge in [-0.2, -0.15) is 4.99 Å². The number of carbonyl (C=O) groups is 2. The number of nitrogens with zero attached hydrogens (tertiary/aromatic N) is 2. The number of amidine groups is 1. The second-order valence-electron chi connectivity index (χ2n) is 7.39. The number of thioether (sulfide) groups is 1. The first-order valence-corrected chi connectivity index (χ1v) is 10.1. The molecule has 0 aromatic rings. The van der Waals surface area contributed by atoms with Crippen molar-refractivity contribution >= 4 is 28.7 Å². The summed E-state index contributed by atoms with van der Waals surface area (Å²) < 4.78 is 0. The summed E-state index contributed by atoms with van der Waals surface area (Å²) >= 11 is 1.45. The van der Waals surface area contributed by atoms with E-state index in [1.165, 1.54) is 31.0 Å². The zero-order valence-electron chi connectivity index (χ0n) is 13.9. The maximum atomic E-state index is 12.5. The molecular formula is C18H25N3O2S. The van der Waals surface area contributed by atoms with Crippen LogP contribution in [0.1, 0.15) is 44.9 Å². The van der Waals surface area contributed by atoms with E-state index in [0.29, 0.717) is 17.9 Å². The van der Waals surface area contributed by atoms with Crippen LogP contribution in [-0.2, 0) is 9.59 Å². The Hall–Kier alpha value is -1.30. The molecule has 2 aliphatic heterocycles. The van der Waals surface area contributed by atoms with Crippen molar-refractivity contribution in [3.63, 3.8) is 0 Å². The Bertz CT molecular complexity index is 581. The first kappa shape index (κ1) is 16.2. The van der Waals surface area contributed by atoms with Gasteiger partial charge in [0.2, 0.25) is 5.91 Å². The van der Waals surface area contributed by atoms with Crippen molar-refractivity contribution in [2.24, 2.45) is 16.8 Å². The molecule has 4 rings (SSSR count). The van der Waals surface area contributed by atoms with Gasteiger partial charge in [0.15, 0.2) is 5.17 Å². The number of nitrogens with one attached hydrogen (secondary N) is 1. The maximum absolute atomic E-state index is 12.5. The van der Waals surface area contributed by atoms with Gasteiger partial charge in [0.1, 0.15) is 5.25 Å². The number of carbonyl (C=O) groups excluding carboxylic acids is 2. The molecule has 4 aliphatic rings. The Morgan fingerprint density at radius 2 is 2.00 bits per heavy atom. The minimum absolute atomic E-state index is 0.113. The molecule has 4 atom stereocenters. The summed E-state index contributed by atoms with van der Waals surface area (Å²) in [5.41, 5.74) is 0. The zero-order valence-corrected chi connectivity index (χ0v) is 14.8. The Labute approximate surface area is 147 Å². The van der Waals surface area contributed by atoms with E-state index in [1.54, 1.807) is 0 Å². The molecule has 130 valence electrons. The number of hydrogen-bond acceptors (Lipinski definition) is 4. The zero-order chi connectivity index (χ0) is 16.5. The summed E-state index contributed by atoms with van der Waals surface area (Å²) in [6, 6.07) is 0.402. The van der Waals surface area contributed by atoms with Crippen LogP contribution in [0, 0.1) is 11.8 Å². The summed E-state index contributed by atoms with van der Waals surface area (Å²) in [4.78, 5) is 30.8. The summed E-state index contributed by atoms with van der Waals surface area (Å²) in [7, 11) is 0. The minimum Gasteiger partial charge on any atom is -0.361 e. The van der Waals surface area contributed by atoms with Gasteiger partial charge in [-0.3, -0.25) is 9.59 Å². The van der Waals surface area contributed by atoms with Gasteiger partial charge in [0.05, 0.1) is 0 Å². The first-order valence-electron chi connectivity index (χ1n) is 9.21. The molecule has 2 heterocycles. The van der Waals surface area contributed by atoms with Crippen LogP contribution in [-0.4, -0.2) is 46.3 Å². The predicted molar refractivity (Wildman–Crippen MR) is 95.8 cm³/mol. The molecule has 24 heavy (non-hydrogen) atoms. The lowest BCUT2D eigenvalue weighted by atomic mass is 10.0. The lowest BCUT2D eigenvalue weighted by Crippen LogP contribution is -2.36. The Balaban J connectivity index is 1.29. The van der Waals surface area contributed by atoms with Gasteiger partial charge < -0.3 is 10.2 Å². The van der Waals surface area contributed by atoms with Crippen molar-refractivity contribution in [2.75, 3.05) is 13.1 Å². The predicted octanol–water partition coefficient (Wildman–Crippen LogP) is 2.33. The fourth-order valence-electron chi connectivity index (χ4n) is 4.29. The second-order valence-corrected chi connectivity index (χ2v) is 8.58. The van der Waals surface area contributed by atoms with Gasteiger partial charge in [-0.15, -0.1) is 0 Å². The first-order chi connectivity index (χ1) is 11.7. The number of fused-ring (bicyclic) bond motifs is 2. The molecule has 0 radical (unpaired) electrons. The molecule has 0 aromatic heterocycles. The second kappa shape index (κ2) is 6.90. The van der Waals surface area contributed by atoms with Gasteiger partial charge in [0, 0.05) is 25.6 Å². The van der Waals surface area contributed by atoms with E-state index in [2.05, 4.69) is 22.5 Å². The van der Waals surface area contributed by atoms with E-state index >= 15 is 0 Å². The van der Waals surface area contributed by atoms with Crippen LogP contribution in [0.25, 0.3) is 0 Å². The summed E-state index contributed by atoms with van der Waals surface area (Å²) in [6.07, 6.45) is 11.8. The number of hydrogen-bond donors (Lipinski definition) is 1. The monoisotopic (exact) mass is 347 g/mol. The number of likely N-dealkylation sites (tertiary alicyclic amines) is 1. The highest BCUT2D eigenvalue weighted by Crippen LogP contribution is 2.39. The maximum Gasteiger partial charge on any atom is 0.262 e. The fourth-order valence-corrected chi connectivity index (χ4v) is 5.30.